The number of methoxy groups -OCH3 is 2. The molecule has 0 aliphatic carbocycles. The van der Waals surface area contributed by atoms with Gasteiger partial charge in [-0.15, -0.1) is 11.8 Å². The molecule has 112 valence electrons. The fourth-order valence-electron chi connectivity index (χ4n) is 2.68. The minimum atomic E-state index is 0.519. The molecule has 0 radical (unpaired) electrons. The lowest BCUT2D eigenvalue weighted by atomic mass is 9.91. The Hall–Kier alpha value is -0.870. The summed E-state index contributed by atoms with van der Waals surface area (Å²) in [6.45, 7) is 6.53. The molecule has 0 amide bonds. The monoisotopic (exact) mass is 295 g/mol. The van der Waals surface area contributed by atoms with Crippen molar-refractivity contribution in [1.29, 1.82) is 0 Å². The Balaban J connectivity index is 2.35. The maximum atomic E-state index is 5.62. The third-order valence-electron chi connectivity index (χ3n) is 3.62. The Labute approximate surface area is 126 Å². The molecule has 0 spiro atoms. The van der Waals surface area contributed by atoms with Crippen LogP contribution in [0.3, 0.4) is 0 Å². The van der Waals surface area contributed by atoms with Crippen molar-refractivity contribution in [3.05, 3.63) is 17.7 Å². The highest BCUT2D eigenvalue weighted by molar-refractivity contribution is 8.00. The van der Waals surface area contributed by atoms with Gasteiger partial charge in [-0.05, 0) is 31.5 Å². The van der Waals surface area contributed by atoms with Gasteiger partial charge in [-0.3, -0.25) is 0 Å². The first kappa shape index (κ1) is 15.5. The van der Waals surface area contributed by atoms with Gasteiger partial charge in [0.1, 0.15) is 11.5 Å². The molecule has 0 unspecified atom stereocenters. The molecule has 20 heavy (non-hydrogen) atoms. The third-order valence-corrected chi connectivity index (χ3v) is 4.66. The van der Waals surface area contributed by atoms with Crippen LogP contribution in [0, 0.1) is 0 Å². The maximum Gasteiger partial charge on any atom is 0.132 e. The van der Waals surface area contributed by atoms with E-state index in [-0.39, 0.29) is 0 Å². The highest BCUT2D eigenvalue weighted by Gasteiger charge is 2.21. The summed E-state index contributed by atoms with van der Waals surface area (Å²) in [5.41, 5.74) is 1.27. The van der Waals surface area contributed by atoms with Gasteiger partial charge in [-0.1, -0.05) is 13.8 Å². The fraction of sp³-hybridized carbons (Fsp3) is 0.625. The number of thioether (sulfide) groups is 1. The quantitative estimate of drug-likeness (QED) is 0.840. The van der Waals surface area contributed by atoms with Gasteiger partial charge < -0.3 is 14.8 Å². The summed E-state index contributed by atoms with van der Waals surface area (Å²) in [7, 11) is 3.50. The molecule has 0 saturated carbocycles. The molecule has 1 aliphatic rings. The minimum absolute atomic E-state index is 0.519. The molecule has 4 heteroatoms. The number of hydrogen-bond donors (Lipinski definition) is 1. The molecule has 1 saturated heterocycles. The highest BCUT2D eigenvalue weighted by atomic mass is 32.2. The Morgan fingerprint density at radius 2 is 1.95 bits per heavy atom. The van der Waals surface area contributed by atoms with Gasteiger partial charge in [0.15, 0.2) is 0 Å². The van der Waals surface area contributed by atoms with E-state index in [4.69, 9.17) is 9.47 Å². The molecule has 1 N–H and O–H groups in total. The van der Waals surface area contributed by atoms with Crippen molar-refractivity contribution < 1.29 is 9.47 Å². The van der Waals surface area contributed by atoms with Crippen LogP contribution in [0.25, 0.3) is 0 Å². The van der Waals surface area contributed by atoms with Crippen molar-refractivity contribution in [1.82, 2.24) is 5.32 Å². The zero-order valence-corrected chi connectivity index (χ0v) is 13.7. The van der Waals surface area contributed by atoms with Crippen LogP contribution in [-0.4, -0.2) is 32.6 Å². The Kier molecular flexibility index (Phi) is 5.61. The van der Waals surface area contributed by atoms with Crippen LogP contribution >= 0.6 is 11.8 Å². The topological polar surface area (TPSA) is 30.5 Å². The average Bonchev–Trinajstić information content (AvgIpc) is 2.47. The van der Waals surface area contributed by atoms with Crippen LogP contribution in [0.5, 0.6) is 11.5 Å². The van der Waals surface area contributed by atoms with E-state index >= 15 is 0 Å². The molecule has 0 bridgehead atoms. The molecule has 1 aromatic carbocycles. The Morgan fingerprint density at radius 1 is 1.20 bits per heavy atom. The van der Waals surface area contributed by atoms with Crippen LogP contribution < -0.4 is 14.8 Å². The average molecular weight is 295 g/mol. The SMILES string of the molecule is COc1cc([C@H]2CCCNC2)c(OC)cc1SC(C)C. The summed E-state index contributed by atoms with van der Waals surface area (Å²) in [5.74, 6) is 2.47. The predicted molar refractivity (Wildman–Crippen MR) is 85.4 cm³/mol. The van der Waals surface area contributed by atoms with E-state index < -0.39 is 0 Å². The standard InChI is InChI=1S/C16H25NO2S/c1-11(2)20-16-9-14(18-3)13(8-15(16)19-4)12-6-5-7-17-10-12/h8-9,11-12,17H,5-7,10H2,1-4H3/t12-/m0/s1. The molecule has 0 aromatic heterocycles. The second kappa shape index (κ2) is 7.23. The zero-order chi connectivity index (χ0) is 14.5. The van der Waals surface area contributed by atoms with E-state index in [9.17, 15) is 0 Å². The number of rotatable bonds is 5. The van der Waals surface area contributed by atoms with E-state index in [0.29, 0.717) is 11.2 Å². The van der Waals surface area contributed by atoms with E-state index in [1.807, 2.05) is 11.8 Å². The highest BCUT2D eigenvalue weighted by Crippen LogP contribution is 2.41. The van der Waals surface area contributed by atoms with Gasteiger partial charge in [0.25, 0.3) is 0 Å². The predicted octanol–water partition coefficient (Wildman–Crippen LogP) is 3.67. The minimum Gasteiger partial charge on any atom is -0.496 e. The molecule has 1 aliphatic heterocycles. The van der Waals surface area contributed by atoms with Crippen molar-refractivity contribution in [2.24, 2.45) is 0 Å². The van der Waals surface area contributed by atoms with Crippen molar-refractivity contribution >= 4 is 11.8 Å². The van der Waals surface area contributed by atoms with Gasteiger partial charge in [0.2, 0.25) is 0 Å². The normalized spacial score (nSPS) is 19.1. The lowest BCUT2D eigenvalue weighted by Gasteiger charge is -2.26. The van der Waals surface area contributed by atoms with Gasteiger partial charge >= 0.3 is 0 Å². The van der Waals surface area contributed by atoms with Crippen molar-refractivity contribution in [2.75, 3.05) is 27.3 Å². The van der Waals surface area contributed by atoms with E-state index in [1.165, 1.54) is 18.4 Å². The largest absolute Gasteiger partial charge is 0.496 e. The van der Waals surface area contributed by atoms with Crippen LogP contribution in [-0.2, 0) is 0 Å². The number of benzene rings is 1. The third kappa shape index (κ3) is 3.61. The van der Waals surface area contributed by atoms with Gasteiger partial charge in [-0.2, -0.15) is 0 Å². The summed E-state index contributed by atoms with van der Waals surface area (Å²) < 4.78 is 11.2. The first-order valence-corrected chi connectivity index (χ1v) is 8.17. The van der Waals surface area contributed by atoms with Crippen LogP contribution in [0.4, 0.5) is 0 Å². The molecule has 3 nitrogen and oxygen atoms in total. The molecular formula is C16H25NO2S. The van der Waals surface area contributed by atoms with Crippen LogP contribution in [0.1, 0.15) is 38.2 Å². The lowest BCUT2D eigenvalue weighted by Crippen LogP contribution is -2.28. The fourth-order valence-corrected chi connectivity index (χ4v) is 3.62. The number of ether oxygens (including phenoxy) is 2. The second-order valence-electron chi connectivity index (χ2n) is 5.45. The molecule has 1 atom stereocenters. The molecule has 2 rings (SSSR count). The molecule has 1 fully saturated rings. The number of nitrogens with one attached hydrogen (secondary N) is 1. The molecule has 1 heterocycles. The molecule has 1 aromatic rings. The summed E-state index contributed by atoms with van der Waals surface area (Å²) in [6, 6.07) is 4.30. The zero-order valence-electron chi connectivity index (χ0n) is 12.9. The lowest BCUT2D eigenvalue weighted by molar-refractivity contribution is 0.378. The summed E-state index contributed by atoms with van der Waals surface area (Å²) in [4.78, 5) is 1.16. The summed E-state index contributed by atoms with van der Waals surface area (Å²) >= 11 is 1.81. The maximum absolute atomic E-state index is 5.62. The van der Waals surface area contributed by atoms with Gasteiger partial charge in [0.05, 0.1) is 19.1 Å². The van der Waals surface area contributed by atoms with E-state index in [1.54, 1.807) is 14.2 Å². The van der Waals surface area contributed by atoms with Crippen LogP contribution in [0.15, 0.2) is 17.0 Å². The van der Waals surface area contributed by atoms with E-state index in [0.717, 1.165) is 29.5 Å². The Morgan fingerprint density at radius 3 is 2.50 bits per heavy atom. The first-order valence-electron chi connectivity index (χ1n) is 7.29. The Bertz CT molecular complexity index is 442. The first-order chi connectivity index (χ1) is 9.65. The van der Waals surface area contributed by atoms with Crippen molar-refractivity contribution in [3.63, 3.8) is 0 Å². The summed E-state index contributed by atoms with van der Waals surface area (Å²) in [5, 5.41) is 3.99. The second-order valence-corrected chi connectivity index (χ2v) is 7.07. The van der Waals surface area contributed by atoms with E-state index in [2.05, 4.69) is 31.3 Å². The van der Waals surface area contributed by atoms with Gasteiger partial charge in [-0.25, -0.2) is 0 Å². The number of hydrogen-bond acceptors (Lipinski definition) is 4. The smallest absolute Gasteiger partial charge is 0.132 e. The van der Waals surface area contributed by atoms with Crippen LogP contribution in [0.2, 0.25) is 0 Å². The van der Waals surface area contributed by atoms with Crippen molar-refractivity contribution in [2.45, 2.75) is 42.8 Å². The van der Waals surface area contributed by atoms with Gasteiger partial charge in [0, 0.05) is 23.3 Å². The summed E-state index contributed by atoms with van der Waals surface area (Å²) in [6.07, 6.45) is 2.43. The van der Waals surface area contributed by atoms with Crippen molar-refractivity contribution in [3.8, 4) is 11.5 Å². The molecular weight excluding hydrogens is 270 g/mol. The number of piperidine rings is 1.